The van der Waals surface area contributed by atoms with Crippen molar-refractivity contribution < 1.29 is 8.94 Å². The van der Waals surface area contributed by atoms with Gasteiger partial charge in [0.15, 0.2) is 5.82 Å². The van der Waals surface area contributed by atoms with E-state index in [4.69, 9.17) is 8.94 Å². The molecular formula is C10H10N2O2. The molecule has 4 nitrogen and oxygen atoms in total. The van der Waals surface area contributed by atoms with Crippen LogP contribution in [0.5, 0.6) is 0 Å². The van der Waals surface area contributed by atoms with Crippen LogP contribution in [0.15, 0.2) is 21.3 Å². The van der Waals surface area contributed by atoms with Gasteiger partial charge in [0.05, 0.1) is 11.8 Å². The van der Waals surface area contributed by atoms with Gasteiger partial charge in [-0.2, -0.15) is 4.98 Å². The molecule has 0 atom stereocenters. The van der Waals surface area contributed by atoms with Gasteiger partial charge in [0, 0.05) is 5.92 Å². The summed E-state index contributed by atoms with van der Waals surface area (Å²) in [7, 11) is 0. The largest absolute Gasteiger partial charge is 0.468 e. The monoisotopic (exact) mass is 190 g/mol. The average molecular weight is 190 g/mol. The van der Waals surface area contributed by atoms with E-state index in [9.17, 15) is 0 Å². The van der Waals surface area contributed by atoms with Gasteiger partial charge in [-0.15, -0.1) is 0 Å². The van der Waals surface area contributed by atoms with E-state index in [1.54, 1.807) is 6.26 Å². The second kappa shape index (κ2) is 2.70. The molecule has 2 aromatic heterocycles. The summed E-state index contributed by atoms with van der Waals surface area (Å²) in [6.45, 7) is 1.81. The Morgan fingerprint density at radius 3 is 2.93 bits per heavy atom. The van der Waals surface area contributed by atoms with Crippen molar-refractivity contribution in [1.82, 2.24) is 10.1 Å². The predicted molar refractivity (Wildman–Crippen MR) is 48.7 cm³/mol. The number of aromatic nitrogens is 2. The minimum absolute atomic E-state index is 0.562. The Bertz CT molecular complexity index is 454. The highest BCUT2D eigenvalue weighted by molar-refractivity contribution is 5.57. The fourth-order valence-electron chi connectivity index (χ4n) is 1.57. The topological polar surface area (TPSA) is 52.1 Å². The summed E-state index contributed by atoms with van der Waals surface area (Å²) >= 11 is 0. The van der Waals surface area contributed by atoms with Crippen molar-refractivity contribution in [3.63, 3.8) is 0 Å². The van der Waals surface area contributed by atoms with E-state index in [1.807, 2.05) is 13.0 Å². The fraction of sp³-hybridized carbons (Fsp3) is 0.400. The number of rotatable bonds is 2. The van der Waals surface area contributed by atoms with Crippen molar-refractivity contribution in [1.29, 1.82) is 0 Å². The van der Waals surface area contributed by atoms with E-state index >= 15 is 0 Å². The van der Waals surface area contributed by atoms with Crippen LogP contribution in [0, 0.1) is 6.92 Å². The van der Waals surface area contributed by atoms with Gasteiger partial charge in [-0.1, -0.05) is 5.16 Å². The molecule has 0 amide bonds. The zero-order valence-electron chi connectivity index (χ0n) is 7.86. The quantitative estimate of drug-likeness (QED) is 0.730. The van der Waals surface area contributed by atoms with E-state index in [2.05, 4.69) is 10.1 Å². The lowest BCUT2D eigenvalue weighted by Gasteiger charge is -1.93. The van der Waals surface area contributed by atoms with Crippen LogP contribution in [0.25, 0.3) is 11.5 Å². The third kappa shape index (κ3) is 1.14. The van der Waals surface area contributed by atoms with Gasteiger partial charge in [0.1, 0.15) is 5.76 Å². The Kier molecular flexibility index (Phi) is 1.50. The van der Waals surface area contributed by atoms with E-state index < -0.39 is 0 Å². The SMILES string of the molecule is Cc1noc(-c2ccoc2C2CC2)n1. The van der Waals surface area contributed by atoms with Crippen LogP contribution in [-0.4, -0.2) is 10.1 Å². The third-order valence-electron chi connectivity index (χ3n) is 2.40. The van der Waals surface area contributed by atoms with Crippen molar-refractivity contribution in [2.24, 2.45) is 0 Å². The molecule has 1 aliphatic carbocycles. The summed E-state index contributed by atoms with van der Waals surface area (Å²) in [6, 6.07) is 1.89. The van der Waals surface area contributed by atoms with Gasteiger partial charge in [-0.05, 0) is 25.8 Å². The first-order valence-corrected chi connectivity index (χ1v) is 4.72. The molecule has 1 aliphatic rings. The maximum absolute atomic E-state index is 5.42. The minimum atomic E-state index is 0.562. The van der Waals surface area contributed by atoms with Crippen LogP contribution in [0.4, 0.5) is 0 Å². The fourth-order valence-corrected chi connectivity index (χ4v) is 1.57. The van der Waals surface area contributed by atoms with E-state index in [0.717, 1.165) is 11.3 Å². The second-order valence-corrected chi connectivity index (χ2v) is 3.62. The first-order valence-electron chi connectivity index (χ1n) is 4.72. The molecule has 1 fully saturated rings. The van der Waals surface area contributed by atoms with E-state index in [0.29, 0.717) is 17.6 Å². The Labute approximate surface area is 80.9 Å². The number of hydrogen-bond acceptors (Lipinski definition) is 4. The maximum atomic E-state index is 5.42. The Morgan fingerprint density at radius 1 is 1.43 bits per heavy atom. The first kappa shape index (κ1) is 7.79. The molecule has 72 valence electrons. The van der Waals surface area contributed by atoms with Crippen LogP contribution in [0.3, 0.4) is 0 Å². The molecule has 0 aliphatic heterocycles. The number of aryl methyl sites for hydroxylation is 1. The Hall–Kier alpha value is -1.58. The predicted octanol–water partition coefficient (Wildman–Crippen LogP) is 2.52. The molecule has 0 saturated heterocycles. The molecule has 0 radical (unpaired) electrons. The molecule has 2 aromatic rings. The standard InChI is InChI=1S/C10H10N2O2/c1-6-11-10(14-12-6)8-4-5-13-9(8)7-2-3-7/h4-5,7H,2-3H2,1H3. The van der Waals surface area contributed by atoms with Gasteiger partial charge in [-0.3, -0.25) is 0 Å². The molecule has 4 heteroatoms. The van der Waals surface area contributed by atoms with Crippen LogP contribution < -0.4 is 0 Å². The van der Waals surface area contributed by atoms with Crippen LogP contribution in [0.2, 0.25) is 0 Å². The molecule has 3 rings (SSSR count). The Morgan fingerprint density at radius 2 is 2.29 bits per heavy atom. The highest BCUT2D eigenvalue weighted by Gasteiger charge is 2.31. The Balaban J connectivity index is 2.06. The third-order valence-corrected chi connectivity index (χ3v) is 2.40. The molecule has 0 N–H and O–H groups in total. The van der Waals surface area contributed by atoms with Crippen LogP contribution >= 0.6 is 0 Å². The summed E-state index contributed by atoms with van der Waals surface area (Å²) < 4.78 is 10.5. The average Bonchev–Trinajstić information content (AvgIpc) is 2.75. The van der Waals surface area contributed by atoms with Crippen molar-refractivity contribution in [2.45, 2.75) is 25.7 Å². The zero-order valence-corrected chi connectivity index (χ0v) is 7.86. The lowest BCUT2D eigenvalue weighted by Crippen LogP contribution is -1.81. The minimum Gasteiger partial charge on any atom is -0.468 e. The molecule has 0 aromatic carbocycles. The summed E-state index contributed by atoms with van der Waals surface area (Å²) in [4.78, 5) is 4.19. The number of furan rings is 1. The van der Waals surface area contributed by atoms with Gasteiger partial charge >= 0.3 is 0 Å². The van der Waals surface area contributed by atoms with Crippen LogP contribution in [-0.2, 0) is 0 Å². The maximum Gasteiger partial charge on any atom is 0.261 e. The van der Waals surface area contributed by atoms with Gasteiger partial charge < -0.3 is 8.94 Å². The summed E-state index contributed by atoms with van der Waals surface area (Å²) in [5.41, 5.74) is 0.952. The van der Waals surface area contributed by atoms with E-state index in [1.165, 1.54) is 12.8 Å². The summed E-state index contributed by atoms with van der Waals surface area (Å²) in [5, 5.41) is 3.77. The highest BCUT2D eigenvalue weighted by atomic mass is 16.5. The zero-order chi connectivity index (χ0) is 9.54. The number of nitrogens with zero attached hydrogens (tertiary/aromatic N) is 2. The molecule has 14 heavy (non-hydrogen) atoms. The van der Waals surface area contributed by atoms with Crippen LogP contribution in [0.1, 0.15) is 30.3 Å². The molecular weight excluding hydrogens is 180 g/mol. The highest BCUT2D eigenvalue weighted by Crippen LogP contribution is 2.44. The lowest BCUT2D eigenvalue weighted by molar-refractivity contribution is 0.423. The summed E-state index contributed by atoms with van der Waals surface area (Å²) in [6.07, 6.45) is 4.09. The molecule has 2 heterocycles. The smallest absolute Gasteiger partial charge is 0.261 e. The lowest BCUT2D eigenvalue weighted by atomic mass is 10.2. The van der Waals surface area contributed by atoms with Gasteiger partial charge in [0.2, 0.25) is 0 Å². The normalized spacial score (nSPS) is 16.1. The van der Waals surface area contributed by atoms with E-state index in [-0.39, 0.29) is 0 Å². The first-order chi connectivity index (χ1) is 6.84. The van der Waals surface area contributed by atoms with Crippen molar-refractivity contribution in [3.8, 4) is 11.5 Å². The van der Waals surface area contributed by atoms with Crippen molar-refractivity contribution >= 4 is 0 Å². The van der Waals surface area contributed by atoms with Gasteiger partial charge in [-0.25, -0.2) is 0 Å². The number of hydrogen-bond donors (Lipinski definition) is 0. The molecule has 0 spiro atoms. The molecule has 0 unspecified atom stereocenters. The van der Waals surface area contributed by atoms with Gasteiger partial charge in [0.25, 0.3) is 5.89 Å². The second-order valence-electron chi connectivity index (χ2n) is 3.62. The van der Waals surface area contributed by atoms with Crippen molar-refractivity contribution in [3.05, 3.63) is 23.9 Å². The molecule has 0 bridgehead atoms. The summed E-state index contributed by atoms with van der Waals surface area (Å²) in [5.74, 6) is 2.78. The molecule has 1 saturated carbocycles. The van der Waals surface area contributed by atoms with Crippen molar-refractivity contribution in [2.75, 3.05) is 0 Å².